The molecule has 0 unspecified atom stereocenters. The number of carboxylic acids is 1. The molecule has 0 bridgehead atoms. The molecule has 1 N–H and O–H groups in total. The lowest BCUT2D eigenvalue weighted by atomic mass is 10.1. The lowest BCUT2D eigenvalue weighted by Crippen LogP contribution is -1.98. The Labute approximate surface area is 89.1 Å². The Morgan fingerprint density at radius 3 is 2.87 bits per heavy atom. The van der Waals surface area contributed by atoms with E-state index in [1.54, 1.807) is 0 Å². The van der Waals surface area contributed by atoms with E-state index in [4.69, 9.17) is 16.7 Å². The zero-order chi connectivity index (χ0) is 11.0. The lowest BCUT2D eigenvalue weighted by Gasteiger charge is -2.03. The molecule has 15 heavy (non-hydrogen) atoms. The van der Waals surface area contributed by atoms with Crippen LogP contribution in [-0.2, 0) is 0 Å². The van der Waals surface area contributed by atoms with E-state index in [9.17, 15) is 9.18 Å². The highest BCUT2D eigenvalue weighted by Gasteiger charge is 2.12. The van der Waals surface area contributed by atoms with Crippen molar-refractivity contribution in [2.45, 2.75) is 0 Å². The fourth-order valence-corrected chi connectivity index (χ4v) is 1.62. The van der Waals surface area contributed by atoms with Gasteiger partial charge < -0.3 is 5.11 Å². The van der Waals surface area contributed by atoms with Gasteiger partial charge in [-0.15, -0.1) is 0 Å². The summed E-state index contributed by atoms with van der Waals surface area (Å²) >= 11 is 5.74. The van der Waals surface area contributed by atoms with Gasteiger partial charge in [-0.2, -0.15) is 0 Å². The van der Waals surface area contributed by atoms with Crippen LogP contribution in [0, 0.1) is 5.82 Å². The molecule has 0 fully saturated rings. The average molecular weight is 226 g/mol. The fourth-order valence-electron chi connectivity index (χ4n) is 1.37. The van der Waals surface area contributed by atoms with Gasteiger partial charge in [0.2, 0.25) is 0 Å². The van der Waals surface area contributed by atoms with Crippen LogP contribution in [0.2, 0.25) is 5.02 Å². The predicted octanol–water partition coefficient (Wildman–Crippen LogP) is 2.73. The summed E-state index contributed by atoms with van der Waals surface area (Å²) in [6.45, 7) is 0. The summed E-state index contributed by atoms with van der Waals surface area (Å²) in [7, 11) is 0. The minimum absolute atomic E-state index is 0.0126. The highest BCUT2D eigenvalue weighted by molar-refractivity contribution is 6.35. The molecule has 1 aromatic carbocycles. The van der Waals surface area contributed by atoms with Crippen LogP contribution < -0.4 is 0 Å². The van der Waals surface area contributed by atoms with E-state index >= 15 is 0 Å². The number of carboxylic acid groups (broad SMARTS) is 1. The third kappa shape index (κ3) is 1.64. The molecule has 0 spiro atoms. The van der Waals surface area contributed by atoms with E-state index in [1.165, 1.54) is 12.3 Å². The minimum atomic E-state index is -1.14. The third-order valence-corrected chi connectivity index (χ3v) is 2.28. The van der Waals surface area contributed by atoms with Crippen LogP contribution in [0.3, 0.4) is 0 Å². The molecule has 5 heteroatoms. The van der Waals surface area contributed by atoms with Gasteiger partial charge in [-0.05, 0) is 18.2 Å². The average Bonchev–Trinajstić information content (AvgIpc) is 2.16. The standard InChI is InChI=1S/C10H5ClFNO2/c11-8-4-5(12)3-7-6(10(14)15)1-2-13-9(7)8/h1-4H,(H,14,15). The Morgan fingerprint density at radius 2 is 2.20 bits per heavy atom. The zero-order valence-corrected chi connectivity index (χ0v) is 8.12. The first-order valence-electron chi connectivity index (χ1n) is 4.06. The van der Waals surface area contributed by atoms with Crippen molar-refractivity contribution < 1.29 is 14.3 Å². The van der Waals surface area contributed by atoms with E-state index in [2.05, 4.69) is 4.98 Å². The van der Waals surface area contributed by atoms with Crippen LogP contribution in [0.15, 0.2) is 24.4 Å². The molecular weight excluding hydrogens is 221 g/mol. The van der Waals surface area contributed by atoms with E-state index in [0.717, 1.165) is 12.1 Å². The van der Waals surface area contributed by atoms with Crippen molar-refractivity contribution in [3.05, 3.63) is 40.8 Å². The Morgan fingerprint density at radius 1 is 1.47 bits per heavy atom. The smallest absolute Gasteiger partial charge is 0.336 e. The number of hydrogen-bond donors (Lipinski definition) is 1. The van der Waals surface area contributed by atoms with Gasteiger partial charge in [0.15, 0.2) is 0 Å². The molecule has 1 aromatic heterocycles. The number of fused-ring (bicyclic) bond motifs is 1. The molecule has 0 amide bonds. The van der Waals surface area contributed by atoms with Crippen LogP contribution >= 0.6 is 11.6 Å². The molecular formula is C10H5ClFNO2. The fraction of sp³-hybridized carbons (Fsp3) is 0. The van der Waals surface area contributed by atoms with Gasteiger partial charge in [-0.1, -0.05) is 11.6 Å². The normalized spacial score (nSPS) is 10.5. The number of aromatic nitrogens is 1. The summed E-state index contributed by atoms with van der Waals surface area (Å²) in [5.74, 6) is -1.72. The highest BCUT2D eigenvalue weighted by atomic mass is 35.5. The molecule has 76 valence electrons. The number of halogens is 2. The van der Waals surface area contributed by atoms with Crippen molar-refractivity contribution in [1.29, 1.82) is 0 Å². The Hall–Kier alpha value is -1.68. The molecule has 0 radical (unpaired) electrons. The van der Waals surface area contributed by atoms with Gasteiger partial charge in [-0.3, -0.25) is 4.98 Å². The summed E-state index contributed by atoms with van der Waals surface area (Å²) in [6, 6.07) is 3.51. The number of pyridine rings is 1. The molecule has 0 aliphatic carbocycles. The molecule has 0 aliphatic rings. The number of hydrogen-bond acceptors (Lipinski definition) is 2. The second-order valence-electron chi connectivity index (χ2n) is 2.95. The molecule has 0 saturated carbocycles. The maximum atomic E-state index is 13.0. The van der Waals surface area contributed by atoms with E-state index in [-0.39, 0.29) is 21.5 Å². The summed E-state index contributed by atoms with van der Waals surface area (Å²) in [6.07, 6.45) is 1.33. The molecule has 0 aliphatic heterocycles. The molecule has 2 aromatic rings. The Kier molecular flexibility index (Phi) is 2.28. The molecule has 3 nitrogen and oxygen atoms in total. The van der Waals surface area contributed by atoms with Crippen LogP contribution in [0.1, 0.15) is 10.4 Å². The first kappa shape index (κ1) is 9.86. The monoisotopic (exact) mass is 225 g/mol. The summed E-state index contributed by atoms with van der Waals surface area (Å²) in [5, 5.41) is 9.18. The number of benzene rings is 1. The third-order valence-electron chi connectivity index (χ3n) is 1.99. The van der Waals surface area contributed by atoms with Gasteiger partial charge >= 0.3 is 5.97 Å². The maximum Gasteiger partial charge on any atom is 0.336 e. The molecule has 0 atom stereocenters. The molecule has 0 saturated heterocycles. The van der Waals surface area contributed by atoms with Crippen molar-refractivity contribution in [3.8, 4) is 0 Å². The van der Waals surface area contributed by atoms with E-state index < -0.39 is 11.8 Å². The highest BCUT2D eigenvalue weighted by Crippen LogP contribution is 2.25. The quantitative estimate of drug-likeness (QED) is 0.812. The summed E-state index contributed by atoms with van der Waals surface area (Å²) in [4.78, 5) is 14.7. The van der Waals surface area contributed by atoms with Crippen LogP contribution in [0.4, 0.5) is 4.39 Å². The van der Waals surface area contributed by atoms with Crippen molar-refractivity contribution in [1.82, 2.24) is 4.98 Å². The first-order valence-corrected chi connectivity index (χ1v) is 4.44. The van der Waals surface area contributed by atoms with Crippen molar-refractivity contribution in [3.63, 3.8) is 0 Å². The number of rotatable bonds is 1. The van der Waals surface area contributed by atoms with Gasteiger partial charge in [0.05, 0.1) is 16.1 Å². The largest absolute Gasteiger partial charge is 0.478 e. The molecule has 1 heterocycles. The van der Waals surface area contributed by atoms with Crippen molar-refractivity contribution >= 4 is 28.5 Å². The maximum absolute atomic E-state index is 13.0. The second-order valence-corrected chi connectivity index (χ2v) is 3.35. The van der Waals surface area contributed by atoms with Gasteiger partial charge in [0, 0.05) is 11.6 Å². The number of nitrogens with zero attached hydrogens (tertiary/aromatic N) is 1. The first-order chi connectivity index (χ1) is 7.09. The summed E-state index contributed by atoms with van der Waals surface area (Å²) in [5.41, 5.74) is 0.277. The zero-order valence-electron chi connectivity index (χ0n) is 7.37. The Balaban J connectivity index is 2.91. The van der Waals surface area contributed by atoms with Crippen LogP contribution in [0.5, 0.6) is 0 Å². The SMILES string of the molecule is O=C(O)c1ccnc2c(Cl)cc(F)cc12. The lowest BCUT2D eigenvalue weighted by molar-refractivity contribution is 0.0699. The van der Waals surface area contributed by atoms with Crippen molar-refractivity contribution in [2.75, 3.05) is 0 Å². The topological polar surface area (TPSA) is 50.2 Å². The van der Waals surface area contributed by atoms with Gasteiger partial charge in [0.25, 0.3) is 0 Å². The minimum Gasteiger partial charge on any atom is -0.478 e. The number of carbonyl (C=O) groups is 1. The van der Waals surface area contributed by atoms with Crippen LogP contribution in [0.25, 0.3) is 10.9 Å². The Bertz CT molecular complexity index is 556. The predicted molar refractivity (Wildman–Crippen MR) is 53.7 cm³/mol. The molecule has 2 rings (SSSR count). The van der Waals surface area contributed by atoms with E-state index in [1.807, 2.05) is 0 Å². The van der Waals surface area contributed by atoms with E-state index in [0.29, 0.717) is 0 Å². The van der Waals surface area contributed by atoms with Crippen LogP contribution in [-0.4, -0.2) is 16.1 Å². The van der Waals surface area contributed by atoms with Crippen molar-refractivity contribution in [2.24, 2.45) is 0 Å². The van der Waals surface area contributed by atoms with Gasteiger partial charge in [-0.25, -0.2) is 9.18 Å². The second kappa shape index (κ2) is 3.47. The number of aromatic carboxylic acids is 1. The summed E-state index contributed by atoms with van der Waals surface area (Å²) < 4.78 is 13.0. The van der Waals surface area contributed by atoms with Gasteiger partial charge in [0.1, 0.15) is 5.82 Å².